The van der Waals surface area contributed by atoms with Crippen LogP contribution in [0.2, 0.25) is 0 Å². The highest BCUT2D eigenvalue weighted by atomic mass is 16.5. The third-order valence-corrected chi connectivity index (χ3v) is 3.80. The number of carbonyl (C=O) groups is 1. The average molecular weight is 325 g/mol. The highest BCUT2D eigenvalue weighted by molar-refractivity contribution is 6.03. The van der Waals surface area contributed by atoms with Crippen molar-refractivity contribution in [3.05, 3.63) is 64.6 Å². The summed E-state index contributed by atoms with van der Waals surface area (Å²) in [5.74, 6) is -0.124. The summed E-state index contributed by atoms with van der Waals surface area (Å²) >= 11 is 0. The van der Waals surface area contributed by atoms with Gasteiger partial charge in [0.1, 0.15) is 0 Å². The SMILES string of the molecule is COc1ccc(-n2cc(C(=O)O)c3ccccc3c2=O)cc1OC. The number of hydrogen-bond acceptors (Lipinski definition) is 4. The number of nitrogens with zero attached hydrogens (tertiary/aromatic N) is 1. The predicted octanol–water partition coefficient (Wildman–Crippen LogP) is 2.71. The van der Waals surface area contributed by atoms with E-state index in [0.717, 1.165) is 0 Å². The maximum atomic E-state index is 12.8. The zero-order valence-corrected chi connectivity index (χ0v) is 13.1. The van der Waals surface area contributed by atoms with Crippen LogP contribution in [0.5, 0.6) is 11.5 Å². The summed E-state index contributed by atoms with van der Waals surface area (Å²) in [4.78, 5) is 24.3. The van der Waals surface area contributed by atoms with Crippen molar-refractivity contribution in [1.82, 2.24) is 4.57 Å². The van der Waals surface area contributed by atoms with Crippen LogP contribution in [0.15, 0.2) is 53.5 Å². The van der Waals surface area contributed by atoms with Gasteiger partial charge >= 0.3 is 5.97 Å². The summed E-state index contributed by atoms with van der Waals surface area (Å²) in [7, 11) is 3.01. The standard InChI is InChI=1S/C18H15NO5/c1-23-15-8-7-11(9-16(15)24-2)19-10-14(18(21)22)12-5-3-4-6-13(12)17(19)20/h3-10H,1-2H3,(H,21,22). The number of fused-ring (bicyclic) bond motifs is 1. The van der Waals surface area contributed by atoms with Crippen LogP contribution in [0.25, 0.3) is 16.5 Å². The van der Waals surface area contributed by atoms with E-state index in [4.69, 9.17) is 9.47 Å². The van der Waals surface area contributed by atoms with Gasteiger partial charge in [0, 0.05) is 23.0 Å². The molecule has 0 amide bonds. The first-order valence-corrected chi connectivity index (χ1v) is 7.17. The van der Waals surface area contributed by atoms with Crippen molar-refractivity contribution < 1.29 is 19.4 Å². The molecule has 24 heavy (non-hydrogen) atoms. The molecule has 122 valence electrons. The Labute approximate surface area is 137 Å². The second kappa shape index (κ2) is 6.08. The van der Waals surface area contributed by atoms with Crippen LogP contribution in [0.4, 0.5) is 0 Å². The van der Waals surface area contributed by atoms with E-state index in [1.54, 1.807) is 42.5 Å². The Morgan fingerprint density at radius 2 is 1.67 bits per heavy atom. The number of benzene rings is 2. The topological polar surface area (TPSA) is 77.8 Å². The van der Waals surface area contributed by atoms with Gasteiger partial charge < -0.3 is 14.6 Å². The Balaban J connectivity index is 2.33. The summed E-state index contributed by atoms with van der Waals surface area (Å²) in [5.41, 5.74) is 0.244. The fourth-order valence-corrected chi connectivity index (χ4v) is 2.63. The molecule has 0 aliphatic rings. The minimum Gasteiger partial charge on any atom is -0.493 e. The molecule has 0 atom stereocenters. The second-order valence-electron chi connectivity index (χ2n) is 5.11. The normalized spacial score (nSPS) is 10.6. The van der Waals surface area contributed by atoms with Crippen LogP contribution in [-0.4, -0.2) is 29.9 Å². The highest BCUT2D eigenvalue weighted by Gasteiger charge is 2.15. The smallest absolute Gasteiger partial charge is 0.337 e. The fourth-order valence-electron chi connectivity index (χ4n) is 2.63. The molecule has 1 N–H and O–H groups in total. The Hall–Kier alpha value is -3.28. The first kappa shape index (κ1) is 15.6. The van der Waals surface area contributed by atoms with Gasteiger partial charge in [-0.15, -0.1) is 0 Å². The number of aromatic carboxylic acids is 1. The first-order chi connectivity index (χ1) is 11.6. The average Bonchev–Trinajstić information content (AvgIpc) is 2.61. The molecule has 0 saturated carbocycles. The maximum absolute atomic E-state index is 12.8. The molecule has 6 heteroatoms. The number of pyridine rings is 1. The summed E-state index contributed by atoms with van der Waals surface area (Å²) < 4.78 is 11.7. The largest absolute Gasteiger partial charge is 0.493 e. The van der Waals surface area contributed by atoms with E-state index in [1.165, 1.54) is 25.0 Å². The van der Waals surface area contributed by atoms with Crippen molar-refractivity contribution in [3.8, 4) is 17.2 Å². The Morgan fingerprint density at radius 3 is 2.29 bits per heavy atom. The molecule has 0 radical (unpaired) electrons. The molecule has 0 aliphatic carbocycles. The molecular weight excluding hydrogens is 310 g/mol. The van der Waals surface area contributed by atoms with E-state index in [0.29, 0.717) is 28.0 Å². The highest BCUT2D eigenvalue weighted by Crippen LogP contribution is 2.29. The summed E-state index contributed by atoms with van der Waals surface area (Å²) in [6.45, 7) is 0. The monoisotopic (exact) mass is 325 g/mol. The Morgan fingerprint density at radius 1 is 1.00 bits per heavy atom. The predicted molar refractivity (Wildman–Crippen MR) is 89.6 cm³/mol. The number of carboxylic acids is 1. The van der Waals surface area contributed by atoms with E-state index in [9.17, 15) is 14.7 Å². The molecule has 6 nitrogen and oxygen atoms in total. The third kappa shape index (κ3) is 2.48. The fraction of sp³-hybridized carbons (Fsp3) is 0.111. The molecule has 2 aromatic carbocycles. The van der Waals surface area contributed by atoms with Gasteiger partial charge in [0.25, 0.3) is 5.56 Å². The lowest BCUT2D eigenvalue weighted by Crippen LogP contribution is -2.20. The minimum absolute atomic E-state index is 0.0555. The van der Waals surface area contributed by atoms with Gasteiger partial charge in [0.15, 0.2) is 11.5 Å². The molecule has 0 unspecified atom stereocenters. The minimum atomic E-state index is -1.10. The number of hydrogen-bond donors (Lipinski definition) is 1. The van der Waals surface area contributed by atoms with Gasteiger partial charge in [-0.3, -0.25) is 9.36 Å². The lowest BCUT2D eigenvalue weighted by Gasteiger charge is -2.13. The van der Waals surface area contributed by atoms with Gasteiger partial charge in [0.05, 0.1) is 25.5 Å². The van der Waals surface area contributed by atoms with Crippen LogP contribution in [0.1, 0.15) is 10.4 Å². The molecule has 3 rings (SSSR count). The van der Waals surface area contributed by atoms with Crippen molar-refractivity contribution in [1.29, 1.82) is 0 Å². The van der Waals surface area contributed by atoms with Crippen molar-refractivity contribution >= 4 is 16.7 Å². The number of methoxy groups -OCH3 is 2. The van der Waals surface area contributed by atoms with Gasteiger partial charge in [-0.1, -0.05) is 18.2 Å². The van der Waals surface area contributed by atoms with Gasteiger partial charge in [-0.05, 0) is 18.2 Å². The van der Waals surface area contributed by atoms with Crippen molar-refractivity contribution in [2.75, 3.05) is 14.2 Å². The Kier molecular flexibility index (Phi) is 3.95. The van der Waals surface area contributed by atoms with Crippen LogP contribution in [-0.2, 0) is 0 Å². The van der Waals surface area contributed by atoms with Crippen LogP contribution in [0, 0.1) is 0 Å². The quantitative estimate of drug-likeness (QED) is 0.798. The zero-order chi connectivity index (χ0) is 17.3. The zero-order valence-electron chi connectivity index (χ0n) is 13.1. The molecule has 0 aliphatic heterocycles. The molecule has 0 spiro atoms. The van der Waals surface area contributed by atoms with E-state index in [1.807, 2.05) is 0 Å². The van der Waals surface area contributed by atoms with Crippen LogP contribution in [0.3, 0.4) is 0 Å². The molecule has 0 bridgehead atoms. The van der Waals surface area contributed by atoms with Crippen molar-refractivity contribution in [2.24, 2.45) is 0 Å². The van der Waals surface area contributed by atoms with Crippen LogP contribution < -0.4 is 15.0 Å². The maximum Gasteiger partial charge on any atom is 0.337 e. The molecular formula is C18H15NO5. The van der Waals surface area contributed by atoms with E-state index in [2.05, 4.69) is 0 Å². The van der Waals surface area contributed by atoms with Gasteiger partial charge in [-0.25, -0.2) is 4.79 Å². The van der Waals surface area contributed by atoms with E-state index < -0.39 is 5.97 Å². The second-order valence-corrected chi connectivity index (χ2v) is 5.11. The van der Waals surface area contributed by atoms with Crippen molar-refractivity contribution in [2.45, 2.75) is 0 Å². The van der Waals surface area contributed by atoms with Gasteiger partial charge in [-0.2, -0.15) is 0 Å². The van der Waals surface area contributed by atoms with Gasteiger partial charge in [0.2, 0.25) is 0 Å². The Bertz CT molecular complexity index is 990. The summed E-state index contributed by atoms with van der Waals surface area (Å²) in [6, 6.07) is 11.6. The molecule has 0 saturated heterocycles. The molecule has 0 fully saturated rings. The lowest BCUT2D eigenvalue weighted by atomic mass is 10.1. The van der Waals surface area contributed by atoms with E-state index in [-0.39, 0.29) is 11.1 Å². The molecule has 1 heterocycles. The summed E-state index contributed by atoms with van der Waals surface area (Å²) in [6.07, 6.45) is 1.33. The number of carboxylic acid groups (broad SMARTS) is 1. The number of rotatable bonds is 4. The van der Waals surface area contributed by atoms with Crippen LogP contribution >= 0.6 is 0 Å². The lowest BCUT2D eigenvalue weighted by molar-refractivity contribution is 0.0698. The molecule has 1 aromatic heterocycles. The number of aromatic nitrogens is 1. The van der Waals surface area contributed by atoms with E-state index >= 15 is 0 Å². The van der Waals surface area contributed by atoms with Crippen molar-refractivity contribution in [3.63, 3.8) is 0 Å². The third-order valence-electron chi connectivity index (χ3n) is 3.80. The number of ether oxygens (including phenoxy) is 2. The summed E-state index contributed by atoms with van der Waals surface area (Å²) in [5, 5.41) is 10.2. The first-order valence-electron chi connectivity index (χ1n) is 7.17. The molecule has 3 aromatic rings.